The van der Waals surface area contributed by atoms with Crippen molar-refractivity contribution in [1.29, 1.82) is 0 Å². The molecule has 77 heavy (non-hydrogen) atoms. The zero-order valence-electron chi connectivity index (χ0n) is 41.8. The molecule has 5 aliphatic heterocycles. The number of nitrogens with zero attached hydrogens (tertiary/aromatic N) is 4. The maximum atomic E-state index is 2.66. The smallest absolute Gasteiger partial charge is 0.264 e. The normalized spacial score (nSPS) is 13.6. The summed E-state index contributed by atoms with van der Waals surface area (Å²) < 4.78 is 2.77. The second-order valence-electron chi connectivity index (χ2n) is 20.8. The van der Waals surface area contributed by atoms with Crippen molar-refractivity contribution in [3.05, 3.63) is 267 Å². The number of anilines is 12. The SMILES string of the molecule is c1ccc(-c2ccc(N3c4ccccc4B4c5sc6c7c5N(c5ccccc5N7c5cc(-c7ccccc7)cc7c5B6c5ccccc5N7c5ccc(-c6ccccc6)cc5)c5cc(-c6ccccc6)cc3c54)cc2)cc1. The Labute approximate surface area is 452 Å². The average molecular weight is 995 g/mol. The van der Waals surface area contributed by atoms with Crippen LogP contribution in [0.2, 0.25) is 0 Å². The molecule has 0 bridgehead atoms. The lowest BCUT2D eigenvalue weighted by Gasteiger charge is -2.49. The van der Waals surface area contributed by atoms with Crippen molar-refractivity contribution in [2.45, 2.75) is 0 Å². The maximum absolute atomic E-state index is 2.66. The summed E-state index contributed by atoms with van der Waals surface area (Å²) in [5.74, 6) is 0. The van der Waals surface area contributed by atoms with E-state index in [1.54, 1.807) is 0 Å². The zero-order valence-corrected chi connectivity index (χ0v) is 42.6. The van der Waals surface area contributed by atoms with E-state index in [2.05, 4.69) is 287 Å². The molecule has 5 aliphatic rings. The van der Waals surface area contributed by atoms with Crippen molar-refractivity contribution in [3.8, 4) is 44.5 Å². The van der Waals surface area contributed by atoms with Crippen LogP contribution in [0.5, 0.6) is 0 Å². The van der Waals surface area contributed by atoms with Gasteiger partial charge < -0.3 is 19.6 Å². The molecule has 12 aromatic rings. The molecule has 0 amide bonds. The first-order valence-electron chi connectivity index (χ1n) is 26.7. The van der Waals surface area contributed by atoms with E-state index in [0.717, 1.165) is 11.4 Å². The molecular weight excluding hydrogens is 950 g/mol. The topological polar surface area (TPSA) is 13.0 Å². The van der Waals surface area contributed by atoms with E-state index >= 15 is 0 Å². The van der Waals surface area contributed by atoms with Gasteiger partial charge in [-0.05, 0) is 139 Å². The number of fused-ring (bicyclic) bond motifs is 11. The van der Waals surface area contributed by atoms with Crippen LogP contribution in [0.25, 0.3) is 44.5 Å². The number of thiophene rings is 1. The fourth-order valence-electron chi connectivity index (χ4n) is 13.4. The van der Waals surface area contributed by atoms with Crippen molar-refractivity contribution in [2.75, 3.05) is 19.6 Å². The number of para-hydroxylation sites is 4. The number of hydrogen-bond acceptors (Lipinski definition) is 5. The van der Waals surface area contributed by atoms with Crippen LogP contribution in [0, 0.1) is 0 Å². The highest BCUT2D eigenvalue weighted by Crippen LogP contribution is 2.59. The van der Waals surface area contributed by atoms with E-state index in [0.29, 0.717) is 0 Å². The van der Waals surface area contributed by atoms with Gasteiger partial charge in [-0.3, -0.25) is 0 Å². The van der Waals surface area contributed by atoms with Gasteiger partial charge in [0.1, 0.15) is 0 Å². The van der Waals surface area contributed by atoms with Crippen molar-refractivity contribution in [2.24, 2.45) is 0 Å². The molecule has 7 heteroatoms. The van der Waals surface area contributed by atoms with Gasteiger partial charge in [-0.25, -0.2) is 0 Å². The van der Waals surface area contributed by atoms with Gasteiger partial charge in [0, 0.05) is 55.1 Å². The quantitative estimate of drug-likeness (QED) is 0.154. The Balaban J connectivity index is 0.938. The lowest BCUT2D eigenvalue weighted by molar-refractivity contribution is 1.18. The summed E-state index contributed by atoms with van der Waals surface area (Å²) in [6, 6.07) is 99.2. The minimum absolute atomic E-state index is 0.0178. The Bertz CT molecular complexity index is 4080. The number of hydrogen-bond donors (Lipinski definition) is 0. The molecule has 0 saturated heterocycles. The van der Waals surface area contributed by atoms with Crippen molar-refractivity contribution < 1.29 is 0 Å². The lowest BCUT2D eigenvalue weighted by atomic mass is 9.35. The summed E-state index contributed by atoms with van der Waals surface area (Å²) in [6.45, 7) is -0.0356. The molecular formula is C70H44B2N4S. The standard InChI is InChI=1S/C70H44B2N4S/c1-5-19-45(20-6-1)49-33-37-53(38-34-49)73-57-29-15-13-27-55(57)71-65-61(73)41-51(47-23-9-3-10-24-47)43-63(65)75-59-31-17-18-32-60(59)76-64-44-52(48-25-11-4-12-26-48)42-62-66(64)72(70-68(76)67(75)69(71)77-70)56-28-14-16-30-58(56)74(62)54-39-35-50(36-40-54)46-21-7-2-8-22-46/h1-44H. The van der Waals surface area contributed by atoms with E-state index in [1.807, 2.05) is 11.3 Å². The van der Waals surface area contributed by atoms with Crippen molar-refractivity contribution in [3.63, 3.8) is 0 Å². The summed E-state index contributed by atoms with van der Waals surface area (Å²) in [5.41, 5.74) is 29.4. The minimum Gasteiger partial charge on any atom is -0.311 e. The Morgan fingerprint density at radius 2 is 0.519 bits per heavy atom. The second-order valence-corrected chi connectivity index (χ2v) is 21.8. The highest BCUT2D eigenvalue weighted by molar-refractivity contribution is 7.39. The fraction of sp³-hybridized carbons (Fsp3) is 0. The van der Waals surface area contributed by atoms with E-state index < -0.39 is 0 Å². The predicted molar refractivity (Wildman–Crippen MR) is 328 cm³/mol. The van der Waals surface area contributed by atoms with Crippen LogP contribution in [0.15, 0.2) is 267 Å². The van der Waals surface area contributed by atoms with E-state index in [9.17, 15) is 0 Å². The largest absolute Gasteiger partial charge is 0.311 e. The molecule has 6 heterocycles. The predicted octanol–water partition coefficient (Wildman–Crippen LogP) is 14.9. The Morgan fingerprint density at radius 3 is 0.883 bits per heavy atom. The minimum atomic E-state index is -0.0178. The third-order valence-corrected chi connectivity index (χ3v) is 18.0. The van der Waals surface area contributed by atoms with Crippen molar-refractivity contribution in [1.82, 2.24) is 0 Å². The zero-order chi connectivity index (χ0) is 50.3. The van der Waals surface area contributed by atoms with Crippen LogP contribution in [-0.2, 0) is 0 Å². The summed E-state index contributed by atoms with van der Waals surface area (Å²) >= 11 is 2.03. The van der Waals surface area contributed by atoms with Crippen LogP contribution in [0.3, 0.4) is 0 Å². The molecule has 0 radical (unpaired) electrons. The highest BCUT2D eigenvalue weighted by atomic mass is 32.1. The molecule has 356 valence electrons. The maximum Gasteiger partial charge on any atom is 0.264 e. The van der Waals surface area contributed by atoms with Gasteiger partial charge in [0.05, 0.1) is 22.7 Å². The third-order valence-electron chi connectivity index (χ3n) is 16.7. The molecule has 0 unspecified atom stereocenters. The van der Waals surface area contributed by atoms with E-state index in [-0.39, 0.29) is 13.4 Å². The molecule has 4 nitrogen and oxygen atoms in total. The molecule has 0 aliphatic carbocycles. The first-order chi connectivity index (χ1) is 38.2. The van der Waals surface area contributed by atoms with E-state index in [4.69, 9.17) is 0 Å². The molecule has 11 aromatic carbocycles. The van der Waals surface area contributed by atoms with Gasteiger partial charge >= 0.3 is 0 Å². The van der Waals surface area contributed by atoms with Crippen LogP contribution in [0.4, 0.5) is 68.2 Å². The van der Waals surface area contributed by atoms with Gasteiger partial charge in [-0.15, -0.1) is 0 Å². The van der Waals surface area contributed by atoms with Gasteiger partial charge in [0.2, 0.25) is 0 Å². The first-order valence-corrected chi connectivity index (χ1v) is 27.5. The summed E-state index contributed by atoms with van der Waals surface area (Å²) in [5, 5.41) is 0. The van der Waals surface area contributed by atoms with Crippen LogP contribution >= 0.6 is 11.3 Å². The number of benzene rings is 11. The third kappa shape index (κ3) is 6.17. The Hall–Kier alpha value is -9.55. The van der Waals surface area contributed by atoms with Crippen LogP contribution < -0.4 is 51.0 Å². The molecule has 0 atom stereocenters. The summed E-state index contributed by atoms with van der Waals surface area (Å²) in [6.07, 6.45) is 0. The molecule has 0 spiro atoms. The molecule has 17 rings (SSSR count). The van der Waals surface area contributed by atoms with Gasteiger partial charge in [0.25, 0.3) is 13.4 Å². The summed E-state index contributed by atoms with van der Waals surface area (Å²) in [4.78, 5) is 10.4. The highest BCUT2D eigenvalue weighted by Gasteiger charge is 2.54. The van der Waals surface area contributed by atoms with Crippen LogP contribution in [0.1, 0.15) is 0 Å². The van der Waals surface area contributed by atoms with E-state index in [1.165, 1.54) is 133 Å². The summed E-state index contributed by atoms with van der Waals surface area (Å²) in [7, 11) is 0. The molecule has 0 saturated carbocycles. The molecule has 0 N–H and O–H groups in total. The Morgan fingerprint density at radius 1 is 0.234 bits per heavy atom. The average Bonchev–Trinajstić information content (AvgIpc) is 3.60. The van der Waals surface area contributed by atoms with Gasteiger partial charge in [0.15, 0.2) is 0 Å². The Kier molecular flexibility index (Phi) is 9.15. The lowest BCUT2D eigenvalue weighted by Crippen LogP contribution is -2.61. The monoisotopic (exact) mass is 994 g/mol. The second kappa shape index (κ2) is 16.5. The number of rotatable bonds is 6. The van der Waals surface area contributed by atoms with Gasteiger partial charge in [-0.1, -0.05) is 194 Å². The first kappa shape index (κ1) is 42.8. The van der Waals surface area contributed by atoms with Crippen LogP contribution in [-0.4, -0.2) is 13.4 Å². The van der Waals surface area contributed by atoms with Crippen molar-refractivity contribution >= 4 is 124 Å². The van der Waals surface area contributed by atoms with Gasteiger partial charge in [-0.2, -0.15) is 11.3 Å². The molecule has 0 fully saturated rings. The molecule has 1 aromatic heterocycles. The fourth-order valence-corrected chi connectivity index (χ4v) is 15.0.